The van der Waals surface area contributed by atoms with Gasteiger partial charge in [-0.25, -0.2) is 0 Å². The minimum atomic E-state index is -0.509. The van der Waals surface area contributed by atoms with E-state index in [0.717, 1.165) is 51.7 Å². The number of hydrogen-bond donors (Lipinski definition) is 0. The minimum Gasteiger partial charge on any atom is -0.349 e. The Kier molecular flexibility index (Phi) is 4.36. The van der Waals surface area contributed by atoms with Crippen molar-refractivity contribution in [1.29, 1.82) is 5.26 Å². The number of allylic oxidation sites excluding steroid dienone is 1. The van der Waals surface area contributed by atoms with Gasteiger partial charge in [-0.1, -0.05) is 25.8 Å². The lowest BCUT2D eigenvalue weighted by Crippen LogP contribution is -2.55. The zero-order chi connectivity index (χ0) is 16.7. The van der Waals surface area contributed by atoms with Crippen molar-refractivity contribution in [1.82, 2.24) is 0 Å². The molecule has 0 aromatic carbocycles. The third-order valence-corrected chi connectivity index (χ3v) is 6.33. The van der Waals surface area contributed by atoms with E-state index in [2.05, 4.69) is 33.4 Å². The first-order chi connectivity index (χ1) is 10.8. The Morgan fingerprint density at radius 3 is 2.52 bits per heavy atom. The van der Waals surface area contributed by atoms with Gasteiger partial charge in [-0.2, -0.15) is 5.26 Å². The van der Waals surface area contributed by atoms with Gasteiger partial charge in [0, 0.05) is 17.8 Å². The molecule has 1 aliphatic heterocycles. The topological polar surface area (TPSA) is 42.2 Å². The fraction of sp³-hybridized carbons (Fsp3) is 0.850. The van der Waals surface area contributed by atoms with Gasteiger partial charge < -0.3 is 9.47 Å². The highest BCUT2D eigenvalue weighted by atomic mass is 16.7. The highest BCUT2D eigenvalue weighted by Gasteiger charge is 2.63. The van der Waals surface area contributed by atoms with Gasteiger partial charge in [0.1, 0.15) is 0 Å². The van der Waals surface area contributed by atoms with Gasteiger partial charge in [0.15, 0.2) is 5.79 Å². The van der Waals surface area contributed by atoms with Crippen LogP contribution in [0.2, 0.25) is 0 Å². The molecule has 0 N–H and O–H groups in total. The molecule has 3 unspecified atom stereocenters. The van der Waals surface area contributed by atoms with Crippen LogP contribution in [-0.4, -0.2) is 19.0 Å². The number of rotatable bonds is 3. The van der Waals surface area contributed by atoms with Crippen LogP contribution in [0.25, 0.3) is 0 Å². The van der Waals surface area contributed by atoms with Crippen molar-refractivity contribution < 1.29 is 9.47 Å². The van der Waals surface area contributed by atoms with Crippen LogP contribution in [0.5, 0.6) is 0 Å². The molecule has 0 aromatic heterocycles. The lowest BCUT2D eigenvalue weighted by atomic mass is 9.60. The smallest absolute Gasteiger partial charge is 0.172 e. The Balaban J connectivity index is 1.89. The molecule has 3 heteroatoms. The number of hydrogen-bond acceptors (Lipinski definition) is 3. The van der Waals surface area contributed by atoms with E-state index in [-0.39, 0.29) is 22.7 Å². The van der Waals surface area contributed by atoms with Crippen LogP contribution in [0.4, 0.5) is 0 Å². The molecule has 0 amide bonds. The summed E-state index contributed by atoms with van der Waals surface area (Å²) in [7, 11) is 0. The van der Waals surface area contributed by atoms with Crippen molar-refractivity contribution in [2.45, 2.75) is 71.5 Å². The predicted octanol–water partition coefficient (Wildman–Crippen LogP) is 4.83. The molecule has 128 valence electrons. The monoisotopic (exact) mass is 317 g/mol. The summed E-state index contributed by atoms with van der Waals surface area (Å²) in [6.07, 6.45) is 7.62. The molecule has 1 heterocycles. The summed E-state index contributed by atoms with van der Waals surface area (Å²) in [5.41, 5.74) is 1.52. The van der Waals surface area contributed by atoms with E-state index in [9.17, 15) is 5.26 Å². The molecule has 3 nitrogen and oxygen atoms in total. The predicted molar refractivity (Wildman–Crippen MR) is 90.6 cm³/mol. The molecule has 0 radical (unpaired) electrons. The van der Waals surface area contributed by atoms with Gasteiger partial charge in [0.25, 0.3) is 0 Å². The first-order valence-electron chi connectivity index (χ1n) is 9.15. The fourth-order valence-corrected chi connectivity index (χ4v) is 5.10. The second kappa shape index (κ2) is 5.90. The molecular formula is C20H31NO2. The van der Waals surface area contributed by atoms with Crippen LogP contribution in [0.15, 0.2) is 12.2 Å². The summed E-state index contributed by atoms with van der Waals surface area (Å²) in [5.74, 6) is -0.215. The Hall–Kier alpha value is -0.850. The van der Waals surface area contributed by atoms with E-state index >= 15 is 0 Å². The molecule has 1 saturated heterocycles. The Labute approximate surface area is 141 Å². The van der Waals surface area contributed by atoms with Crippen LogP contribution >= 0.6 is 0 Å². The molecule has 2 saturated carbocycles. The van der Waals surface area contributed by atoms with Gasteiger partial charge in [-0.05, 0) is 44.4 Å². The van der Waals surface area contributed by atoms with Gasteiger partial charge >= 0.3 is 0 Å². The van der Waals surface area contributed by atoms with Gasteiger partial charge in [-0.3, -0.25) is 0 Å². The van der Waals surface area contributed by atoms with Crippen LogP contribution in [-0.2, 0) is 9.47 Å². The Bertz CT molecular complexity index is 508. The molecule has 2 aliphatic carbocycles. The molecule has 3 rings (SSSR count). The van der Waals surface area contributed by atoms with Crippen LogP contribution in [0.3, 0.4) is 0 Å². The zero-order valence-corrected chi connectivity index (χ0v) is 15.0. The van der Waals surface area contributed by atoms with Crippen molar-refractivity contribution in [2.75, 3.05) is 13.2 Å². The normalized spacial score (nSPS) is 38.0. The highest BCUT2D eigenvalue weighted by molar-refractivity contribution is 5.12. The summed E-state index contributed by atoms with van der Waals surface area (Å²) < 4.78 is 12.8. The second-order valence-corrected chi connectivity index (χ2v) is 8.98. The molecule has 1 spiro atoms. The van der Waals surface area contributed by atoms with Crippen molar-refractivity contribution in [3.05, 3.63) is 12.2 Å². The van der Waals surface area contributed by atoms with E-state index in [1.807, 2.05) is 0 Å². The average molecular weight is 317 g/mol. The van der Waals surface area contributed by atoms with Crippen molar-refractivity contribution >= 4 is 0 Å². The molecule has 0 bridgehead atoms. The van der Waals surface area contributed by atoms with E-state index in [1.54, 1.807) is 0 Å². The lowest BCUT2D eigenvalue weighted by Gasteiger charge is -2.51. The fourth-order valence-electron chi connectivity index (χ4n) is 5.10. The maximum absolute atomic E-state index is 9.77. The maximum Gasteiger partial charge on any atom is 0.172 e. The zero-order valence-electron chi connectivity index (χ0n) is 15.0. The van der Waals surface area contributed by atoms with Crippen LogP contribution in [0.1, 0.15) is 65.7 Å². The third-order valence-electron chi connectivity index (χ3n) is 6.33. The van der Waals surface area contributed by atoms with E-state index in [0.29, 0.717) is 0 Å². The summed E-state index contributed by atoms with van der Waals surface area (Å²) >= 11 is 0. The number of nitriles is 1. The SMILES string of the molecule is C=C(C)CCC12CCCC(C#N)C1C1(CC2)OCC(C)(C)CO1. The van der Waals surface area contributed by atoms with Crippen molar-refractivity contribution in [2.24, 2.45) is 22.7 Å². The quantitative estimate of drug-likeness (QED) is 0.700. The number of ether oxygens (including phenoxy) is 2. The summed E-state index contributed by atoms with van der Waals surface area (Å²) in [4.78, 5) is 0. The van der Waals surface area contributed by atoms with Gasteiger partial charge in [0.05, 0.1) is 25.2 Å². The Morgan fingerprint density at radius 2 is 1.91 bits per heavy atom. The summed E-state index contributed by atoms with van der Waals surface area (Å²) in [6.45, 7) is 12.0. The second-order valence-electron chi connectivity index (χ2n) is 8.98. The van der Waals surface area contributed by atoms with E-state index in [1.165, 1.54) is 12.0 Å². The molecule has 23 heavy (non-hydrogen) atoms. The van der Waals surface area contributed by atoms with Crippen molar-refractivity contribution in [3.8, 4) is 6.07 Å². The van der Waals surface area contributed by atoms with Crippen LogP contribution in [0, 0.1) is 34.0 Å². The molecular weight excluding hydrogens is 286 g/mol. The molecule has 3 aliphatic rings. The summed E-state index contributed by atoms with van der Waals surface area (Å²) in [5, 5.41) is 9.77. The molecule has 3 fully saturated rings. The number of nitrogens with zero attached hydrogens (tertiary/aromatic N) is 1. The minimum absolute atomic E-state index is 0.0672. The lowest BCUT2D eigenvalue weighted by molar-refractivity contribution is -0.327. The number of fused-ring (bicyclic) bond motifs is 2. The van der Waals surface area contributed by atoms with E-state index < -0.39 is 5.79 Å². The van der Waals surface area contributed by atoms with E-state index in [4.69, 9.17) is 9.47 Å². The first-order valence-corrected chi connectivity index (χ1v) is 9.15. The Morgan fingerprint density at radius 1 is 1.22 bits per heavy atom. The first kappa shape index (κ1) is 17.0. The largest absolute Gasteiger partial charge is 0.349 e. The average Bonchev–Trinajstić information content (AvgIpc) is 2.84. The maximum atomic E-state index is 9.77. The highest BCUT2D eigenvalue weighted by Crippen LogP contribution is 2.63. The molecule has 0 aromatic rings. The van der Waals surface area contributed by atoms with Crippen molar-refractivity contribution in [3.63, 3.8) is 0 Å². The van der Waals surface area contributed by atoms with Gasteiger partial charge in [0.2, 0.25) is 0 Å². The third kappa shape index (κ3) is 2.96. The van der Waals surface area contributed by atoms with Gasteiger partial charge in [-0.15, -0.1) is 6.58 Å². The standard InChI is InChI=1S/C20H31NO2/c1-15(2)7-9-19-8-5-6-16(12-21)17(19)20(11-10-19)22-13-18(3,4)14-23-20/h16-17H,1,5-11,13-14H2,2-4H3. The summed E-state index contributed by atoms with van der Waals surface area (Å²) in [6, 6.07) is 2.60. The molecule has 3 atom stereocenters. The van der Waals surface area contributed by atoms with Crippen LogP contribution < -0.4 is 0 Å².